The van der Waals surface area contributed by atoms with Gasteiger partial charge in [-0.2, -0.15) is 0 Å². The first-order chi connectivity index (χ1) is 15.0. The number of nitrogens with zero attached hydrogens (tertiary/aromatic N) is 3. The van der Waals surface area contributed by atoms with Crippen LogP contribution in [0, 0.1) is 19.3 Å². The van der Waals surface area contributed by atoms with Crippen LogP contribution in [0.2, 0.25) is 0 Å². The maximum absolute atomic E-state index is 10.7. The summed E-state index contributed by atoms with van der Waals surface area (Å²) in [5.74, 6) is 0.502. The lowest BCUT2D eigenvalue weighted by Gasteiger charge is -2.21. The number of aryl methyl sites for hydroxylation is 2. The second-order valence-corrected chi connectivity index (χ2v) is 9.16. The van der Waals surface area contributed by atoms with E-state index >= 15 is 0 Å². The third-order valence-corrected chi connectivity index (χ3v) is 7.12. The van der Waals surface area contributed by atoms with E-state index in [1.807, 2.05) is 22.4 Å². The molecule has 158 valence electrons. The molecular weight excluding hydrogens is 404 g/mol. The molecule has 0 saturated carbocycles. The first kappa shape index (κ1) is 19.8. The summed E-state index contributed by atoms with van der Waals surface area (Å²) in [6.07, 6.45) is 2.50. The summed E-state index contributed by atoms with van der Waals surface area (Å²) in [4.78, 5) is 8.99. The number of hydrogen-bond donors (Lipinski definition) is 2. The first-order valence-electron chi connectivity index (χ1n) is 10.7. The van der Waals surface area contributed by atoms with Gasteiger partial charge in [-0.15, -0.1) is 11.3 Å². The topological polar surface area (TPSA) is 63.5 Å². The fourth-order valence-electron chi connectivity index (χ4n) is 4.27. The van der Waals surface area contributed by atoms with Gasteiger partial charge in [0.25, 0.3) is 0 Å². The summed E-state index contributed by atoms with van der Waals surface area (Å²) in [5, 5.41) is 22.1. The van der Waals surface area contributed by atoms with Crippen LogP contribution in [-0.4, -0.2) is 35.6 Å². The molecule has 3 heterocycles. The minimum atomic E-state index is 0.203. The van der Waals surface area contributed by atoms with Gasteiger partial charge in [0.15, 0.2) is 0 Å². The highest BCUT2D eigenvalue weighted by atomic mass is 32.1. The Kier molecular flexibility index (Phi) is 5.02. The molecule has 0 spiro atoms. The minimum Gasteiger partial charge on any atom is -0.510 e. The van der Waals surface area contributed by atoms with Crippen LogP contribution in [0.15, 0.2) is 53.6 Å². The molecule has 0 aliphatic carbocycles. The Morgan fingerprint density at radius 2 is 1.68 bits per heavy atom. The van der Waals surface area contributed by atoms with Crippen LogP contribution in [0.3, 0.4) is 0 Å². The van der Waals surface area contributed by atoms with E-state index in [2.05, 4.69) is 49.1 Å². The molecule has 31 heavy (non-hydrogen) atoms. The van der Waals surface area contributed by atoms with Crippen LogP contribution >= 0.6 is 11.3 Å². The molecule has 2 aromatic carbocycles. The van der Waals surface area contributed by atoms with Crippen molar-refractivity contribution in [2.24, 2.45) is 0 Å². The Morgan fingerprint density at radius 1 is 0.968 bits per heavy atom. The summed E-state index contributed by atoms with van der Waals surface area (Å²) < 4.78 is 0. The van der Waals surface area contributed by atoms with E-state index in [1.54, 1.807) is 0 Å². The second-order valence-electron chi connectivity index (χ2n) is 8.30. The Bertz CT molecular complexity index is 1170. The average molecular weight is 431 g/mol. The highest BCUT2D eigenvalue weighted by Gasteiger charge is 2.31. The van der Waals surface area contributed by atoms with Crippen LogP contribution in [0.5, 0.6) is 0 Å². The number of amidine groups is 1. The molecule has 1 saturated heterocycles. The lowest BCUT2D eigenvalue weighted by molar-refractivity contribution is 0.411. The van der Waals surface area contributed by atoms with Gasteiger partial charge in [0, 0.05) is 35.4 Å². The Balaban J connectivity index is 1.37. The average Bonchev–Trinajstić information content (AvgIpc) is 3.51. The van der Waals surface area contributed by atoms with Crippen LogP contribution in [0.4, 0.5) is 11.4 Å². The van der Waals surface area contributed by atoms with E-state index in [4.69, 9.17) is 10.4 Å². The Labute approximate surface area is 186 Å². The van der Waals surface area contributed by atoms with Gasteiger partial charge in [-0.25, -0.2) is 4.98 Å². The van der Waals surface area contributed by atoms with Gasteiger partial charge < -0.3 is 14.9 Å². The Hall–Kier alpha value is -3.12. The van der Waals surface area contributed by atoms with Crippen LogP contribution in [0.1, 0.15) is 29.0 Å². The van der Waals surface area contributed by atoms with Crippen molar-refractivity contribution in [3.63, 3.8) is 0 Å². The largest absolute Gasteiger partial charge is 0.510 e. The SMILES string of the molecule is Cc1ccc(-c2csc(C3=C(O)CN(c4ccc(N5CCCC5)cc4)C3=N)n2)cc1C. The van der Waals surface area contributed by atoms with Gasteiger partial charge in [-0.1, -0.05) is 12.1 Å². The molecule has 1 aromatic heterocycles. The number of hydrogen-bond acceptors (Lipinski definition) is 5. The number of aromatic nitrogens is 1. The quantitative estimate of drug-likeness (QED) is 0.550. The monoisotopic (exact) mass is 430 g/mol. The molecule has 0 radical (unpaired) electrons. The molecule has 0 bridgehead atoms. The zero-order chi connectivity index (χ0) is 21.5. The van der Waals surface area contributed by atoms with Crippen molar-refractivity contribution in [3.05, 3.63) is 69.7 Å². The van der Waals surface area contributed by atoms with Gasteiger partial charge in [-0.05, 0) is 68.1 Å². The first-order valence-corrected chi connectivity index (χ1v) is 11.6. The molecule has 0 amide bonds. The smallest absolute Gasteiger partial charge is 0.139 e. The molecule has 0 unspecified atom stereocenters. The standard InChI is InChI=1S/C25H26N4OS/c1-16-5-6-18(13-17(16)2)21-15-31-25(27-21)23-22(30)14-29(24(23)26)20-9-7-19(8-10-20)28-11-3-4-12-28/h5-10,13,15,26,30H,3-4,11-12,14H2,1-2H3. The molecule has 1 fully saturated rings. The van der Waals surface area contributed by atoms with Crippen molar-refractivity contribution in [1.29, 1.82) is 5.41 Å². The van der Waals surface area contributed by atoms with Crippen molar-refractivity contribution in [2.75, 3.05) is 29.4 Å². The van der Waals surface area contributed by atoms with E-state index in [0.717, 1.165) is 30.0 Å². The molecule has 5 nitrogen and oxygen atoms in total. The van der Waals surface area contributed by atoms with Gasteiger partial charge in [0.1, 0.15) is 16.6 Å². The van der Waals surface area contributed by atoms with E-state index in [1.165, 1.54) is 41.0 Å². The van der Waals surface area contributed by atoms with Crippen LogP contribution in [-0.2, 0) is 0 Å². The summed E-state index contributed by atoms with van der Waals surface area (Å²) in [7, 11) is 0. The minimum absolute atomic E-state index is 0.203. The van der Waals surface area contributed by atoms with E-state index < -0.39 is 0 Å². The van der Waals surface area contributed by atoms with Crippen molar-refractivity contribution in [1.82, 2.24) is 4.98 Å². The molecule has 2 aliphatic rings. The molecule has 2 aliphatic heterocycles. The van der Waals surface area contributed by atoms with Crippen molar-refractivity contribution >= 4 is 34.1 Å². The molecule has 5 rings (SSSR count). The second kappa shape index (κ2) is 7.85. The summed E-state index contributed by atoms with van der Waals surface area (Å²) in [6, 6.07) is 14.6. The summed E-state index contributed by atoms with van der Waals surface area (Å²) >= 11 is 1.47. The van der Waals surface area contributed by atoms with E-state index in [9.17, 15) is 5.11 Å². The molecular formula is C25H26N4OS. The zero-order valence-corrected chi connectivity index (χ0v) is 18.7. The lowest BCUT2D eigenvalue weighted by atomic mass is 10.1. The normalized spacial score (nSPS) is 16.6. The zero-order valence-electron chi connectivity index (χ0n) is 17.9. The highest BCUT2D eigenvalue weighted by Crippen LogP contribution is 2.35. The third kappa shape index (κ3) is 3.61. The van der Waals surface area contributed by atoms with E-state index in [0.29, 0.717) is 23.0 Å². The third-order valence-electron chi connectivity index (χ3n) is 6.26. The number of thiazole rings is 1. The number of anilines is 2. The van der Waals surface area contributed by atoms with Gasteiger partial charge in [0.05, 0.1) is 17.8 Å². The Morgan fingerprint density at radius 3 is 2.39 bits per heavy atom. The van der Waals surface area contributed by atoms with Crippen LogP contribution in [0.25, 0.3) is 16.8 Å². The van der Waals surface area contributed by atoms with E-state index in [-0.39, 0.29) is 5.76 Å². The number of nitrogens with one attached hydrogen (secondary N) is 1. The fourth-order valence-corrected chi connectivity index (χ4v) is 5.16. The summed E-state index contributed by atoms with van der Waals surface area (Å²) in [6.45, 7) is 6.72. The summed E-state index contributed by atoms with van der Waals surface area (Å²) in [5.41, 5.74) is 7.09. The molecule has 6 heteroatoms. The van der Waals surface area contributed by atoms with Gasteiger partial charge in [-0.3, -0.25) is 5.41 Å². The number of rotatable bonds is 4. The van der Waals surface area contributed by atoms with Gasteiger partial charge >= 0.3 is 0 Å². The predicted molar refractivity (Wildman–Crippen MR) is 130 cm³/mol. The molecule has 0 atom stereocenters. The highest BCUT2D eigenvalue weighted by molar-refractivity contribution is 7.11. The fraction of sp³-hybridized carbons (Fsp3) is 0.280. The maximum Gasteiger partial charge on any atom is 0.139 e. The number of aliphatic hydroxyl groups excluding tert-OH is 1. The van der Waals surface area contributed by atoms with Crippen LogP contribution < -0.4 is 9.80 Å². The van der Waals surface area contributed by atoms with Crippen molar-refractivity contribution < 1.29 is 5.11 Å². The van der Waals surface area contributed by atoms with Crippen molar-refractivity contribution in [2.45, 2.75) is 26.7 Å². The van der Waals surface area contributed by atoms with Crippen molar-refractivity contribution in [3.8, 4) is 11.3 Å². The maximum atomic E-state index is 10.7. The number of aliphatic hydroxyl groups is 1. The number of benzene rings is 2. The predicted octanol–water partition coefficient (Wildman–Crippen LogP) is 5.79. The lowest BCUT2D eigenvalue weighted by Crippen LogP contribution is -2.26. The van der Waals surface area contributed by atoms with Gasteiger partial charge in [0.2, 0.25) is 0 Å². The molecule has 3 aromatic rings. The molecule has 2 N–H and O–H groups in total.